The quantitative estimate of drug-likeness (QED) is 0.724. The molecule has 0 amide bonds. The van der Waals surface area contributed by atoms with Crippen LogP contribution in [0.4, 0.5) is 0 Å². The molecule has 0 N–H and O–H groups in total. The summed E-state index contributed by atoms with van der Waals surface area (Å²) in [4.78, 5) is 11.7. The summed E-state index contributed by atoms with van der Waals surface area (Å²) >= 11 is 0. The lowest BCUT2D eigenvalue weighted by atomic mass is 9.94. The monoisotopic (exact) mass is 232 g/mol. The molecule has 0 aliphatic carbocycles. The zero-order valence-corrected chi connectivity index (χ0v) is 10.8. The highest BCUT2D eigenvalue weighted by Gasteiger charge is 2.19. The van der Waals surface area contributed by atoms with Crippen molar-refractivity contribution in [3.05, 3.63) is 41.5 Å². The molecule has 2 heteroatoms. The van der Waals surface area contributed by atoms with Gasteiger partial charge in [0.05, 0.1) is 13.0 Å². The average molecular weight is 232 g/mol. The smallest absolute Gasteiger partial charge is 0.312 e. The summed E-state index contributed by atoms with van der Waals surface area (Å²) in [5.74, 6) is -0.262. The summed E-state index contributed by atoms with van der Waals surface area (Å²) in [7, 11) is 1.45. The highest BCUT2D eigenvalue weighted by Crippen LogP contribution is 2.21. The minimum atomic E-state index is -0.142. The van der Waals surface area contributed by atoms with Gasteiger partial charge in [0.1, 0.15) is 0 Å². The van der Waals surface area contributed by atoms with Gasteiger partial charge in [-0.15, -0.1) is 0 Å². The Balaban J connectivity index is 2.87. The fraction of sp³-hybridized carbons (Fsp3) is 0.400. The zero-order chi connectivity index (χ0) is 12.7. The molecule has 1 rings (SSSR count). The predicted molar refractivity (Wildman–Crippen MR) is 70.5 cm³/mol. The predicted octanol–water partition coefficient (Wildman–Crippen LogP) is 3.68. The number of benzene rings is 1. The van der Waals surface area contributed by atoms with Gasteiger partial charge in [-0.1, -0.05) is 55.3 Å². The molecule has 0 bridgehead atoms. The number of carbonyl (C=O) groups excluding carboxylic acids is 1. The molecule has 1 unspecified atom stereocenters. The van der Waals surface area contributed by atoms with Crippen LogP contribution in [-0.4, -0.2) is 13.1 Å². The second-order valence-corrected chi connectivity index (χ2v) is 4.16. The van der Waals surface area contributed by atoms with E-state index in [0.29, 0.717) is 0 Å². The third-order valence-corrected chi connectivity index (χ3v) is 2.81. The molecule has 0 radical (unpaired) electrons. The fourth-order valence-corrected chi connectivity index (χ4v) is 1.88. The van der Waals surface area contributed by atoms with Crippen LogP contribution >= 0.6 is 0 Å². The molecule has 0 saturated heterocycles. The first-order valence-corrected chi connectivity index (χ1v) is 6.00. The van der Waals surface area contributed by atoms with Crippen LogP contribution in [0.15, 0.2) is 35.9 Å². The van der Waals surface area contributed by atoms with E-state index in [4.69, 9.17) is 4.74 Å². The van der Waals surface area contributed by atoms with Crippen LogP contribution in [0, 0.1) is 5.92 Å². The molecule has 0 aromatic heterocycles. The highest BCUT2D eigenvalue weighted by atomic mass is 16.5. The maximum absolute atomic E-state index is 11.7. The van der Waals surface area contributed by atoms with Gasteiger partial charge in [-0.2, -0.15) is 0 Å². The van der Waals surface area contributed by atoms with E-state index in [9.17, 15) is 4.79 Å². The molecule has 2 nitrogen and oxygen atoms in total. The molecule has 1 atom stereocenters. The first-order chi connectivity index (χ1) is 8.19. The van der Waals surface area contributed by atoms with Crippen molar-refractivity contribution in [2.45, 2.75) is 26.7 Å². The summed E-state index contributed by atoms with van der Waals surface area (Å²) in [5.41, 5.74) is 2.18. The molecule has 0 fully saturated rings. The number of hydrogen-bond acceptors (Lipinski definition) is 2. The van der Waals surface area contributed by atoms with Crippen LogP contribution in [0.5, 0.6) is 0 Å². The van der Waals surface area contributed by atoms with Gasteiger partial charge >= 0.3 is 5.97 Å². The van der Waals surface area contributed by atoms with Gasteiger partial charge < -0.3 is 4.74 Å². The van der Waals surface area contributed by atoms with E-state index in [2.05, 4.69) is 13.0 Å². The lowest BCUT2D eigenvalue weighted by Crippen LogP contribution is -2.17. The third kappa shape index (κ3) is 4.06. The molecule has 1 aromatic carbocycles. The lowest BCUT2D eigenvalue weighted by molar-refractivity contribution is -0.144. The van der Waals surface area contributed by atoms with Gasteiger partial charge in [0, 0.05) is 0 Å². The summed E-state index contributed by atoms with van der Waals surface area (Å²) < 4.78 is 4.84. The molecule has 0 saturated carbocycles. The number of esters is 1. The number of rotatable bonds is 5. The molecule has 17 heavy (non-hydrogen) atoms. The largest absolute Gasteiger partial charge is 0.469 e. The van der Waals surface area contributed by atoms with Crippen molar-refractivity contribution in [2.24, 2.45) is 5.92 Å². The Labute approximate surface area is 103 Å². The number of hydrogen-bond donors (Lipinski definition) is 0. The van der Waals surface area contributed by atoms with E-state index in [1.807, 2.05) is 37.3 Å². The topological polar surface area (TPSA) is 26.3 Å². The van der Waals surface area contributed by atoms with E-state index >= 15 is 0 Å². The molecule has 0 aliphatic heterocycles. The maximum atomic E-state index is 11.7. The third-order valence-electron chi connectivity index (χ3n) is 2.81. The van der Waals surface area contributed by atoms with Crippen LogP contribution in [0.2, 0.25) is 0 Å². The molecule has 92 valence electrons. The summed E-state index contributed by atoms with van der Waals surface area (Å²) in [6.07, 6.45) is 3.86. The van der Waals surface area contributed by atoms with Crippen molar-refractivity contribution in [3.8, 4) is 0 Å². The fourth-order valence-electron chi connectivity index (χ4n) is 1.88. The van der Waals surface area contributed by atoms with Crippen LogP contribution in [-0.2, 0) is 9.53 Å². The summed E-state index contributed by atoms with van der Waals surface area (Å²) in [6.45, 7) is 4.07. The van der Waals surface area contributed by atoms with E-state index in [1.54, 1.807) is 0 Å². The van der Waals surface area contributed by atoms with Gasteiger partial charge in [-0.25, -0.2) is 0 Å². The molecular formula is C15H20O2. The Morgan fingerprint density at radius 3 is 2.53 bits per heavy atom. The van der Waals surface area contributed by atoms with E-state index in [0.717, 1.165) is 24.0 Å². The van der Waals surface area contributed by atoms with Crippen LogP contribution < -0.4 is 0 Å². The van der Waals surface area contributed by atoms with E-state index < -0.39 is 0 Å². The first kappa shape index (κ1) is 13.5. The Hall–Kier alpha value is -1.57. The van der Waals surface area contributed by atoms with Gasteiger partial charge in [0.15, 0.2) is 0 Å². The second kappa shape index (κ2) is 6.89. The standard InChI is InChI=1S/C15H20O2/c1-4-8-14(15(16)17-3)12(2)11-13-9-6-5-7-10-13/h5-7,9-11,14H,4,8H2,1-3H3/b12-11+. The first-order valence-electron chi connectivity index (χ1n) is 6.00. The Morgan fingerprint density at radius 2 is 2.00 bits per heavy atom. The Morgan fingerprint density at radius 1 is 1.35 bits per heavy atom. The lowest BCUT2D eigenvalue weighted by Gasteiger charge is -2.14. The summed E-state index contributed by atoms with van der Waals surface area (Å²) in [5, 5.41) is 0. The van der Waals surface area contributed by atoms with Gasteiger partial charge in [-0.3, -0.25) is 4.79 Å². The summed E-state index contributed by atoms with van der Waals surface area (Å²) in [6, 6.07) is 10.0. The van der Waals surface area contributed by atoms with E-state index in [1.165, 1.54) is 7.11 Å². The van der Waals surface area contributed by atoms with Crippen molar-refractivity contribution >= 4 is 12.0 Å². The zero-order valence-electron chi connectivity index (χ0n) is 10.8. The minimum Gasteiger partial charge on any atom is -0.469 e. The molecule has 1 aromatic rings. The Kier molecular flexibility index (Phi) is 5.47. The van der Waals surface area contributed by atoms with Crippen molar-refractivity contribution in [1.29, 1.82) is 0 Å². The van der Waals surface area contributed by atoms with Crippen LogP contribution in [0.25, 0.3) is 6.08 Å². The van der Waals surface area contributed by atoms with Gasteiger partial charge in [0.25, 0.3) is 0 Å². The van der Waals surface area contributed by atoms with Crippen molar-refractivity contribution in [3.63, 3.8) is 0 Å². The van der Waals surface area contributed by atoms with Crippen molar-refractivity contribution in [2.75, 3.05) is 7.11 Å². The second-order valence-electron chi connectivity index (χ2n) is 4.16. The maximum Gasteiger partial charge on any atom is 0.312 e. The van der Waals surface area contributed by atoms with Crippen molar-refractivity contribution < 1.29 is 9.53 Å². The average Bonchev–Trinajstić information content (AvgIpc) is 2.36. The number of ether oxygens (including phenoxy) is 1. The Bertz CT molecular complexity index is 379. The molecular weight excluding hydrogens is 212 g/mol. The normalized spacial score (nSPS) is 13.2. The van der Waals surface area contributed by atoms with Crippen molar-refractivity contribution in [1.82, 2.24) is 0 Å². The van der Waals surface area contributed by atoms with Crippen LogP contribution in [0.3, 0.4) is 0 Å². The van der Waals surface area contributed by atoms with Gasteiger partial charge in [-0.05, 0) is 18.9 Å². The van der Waals surface area contributed by atoms with E-state index in [-0.39, 0.29) is 11.9 Å². The number of methoxy groups -OCH3 is 1. The molecule has 0 aliphatic rings. The molecule has 0 heterocycles. The van der Waals surface area contributed by atoms with Gasteiger partial charge in [0.2, 0.25) is 0 Å². The highest BCUT2D eigenvalue weighted by molar-refractivity contribution is 5.77. The number of carbonyl (C=O) groups is 1. The minimum absolute atomic E-state index is 0.120. The van der Waals surface area contributed by atoms with Crippen LogP contribution in [0.1, 0.15) is 32.3 Å². The molecule has 0 spiro atoms. The SMILES string of the molecule is CCCC(C(=O)OC)/C(C)=C/c1ccccc1.